The van der Waals surface area contributed by atoms with Crippen LogP contribution in [0.3, 0.4) is 0 Å². The number of nitriles is 1. The lowest BCUT2D eigenvalue weighted by atomic mass is 10.3. The lowest BCUT2D eigenvalue weighted by Gasteiger charge is -2.17. The van der Waals surface area contributed by atoms with Gasteiger partial charge in [0.25, 0.3) is 10.7 Å². The first kappa shape index (κ1) is 16.6. The lowest BCUT2D eigenvalue weighted by Crippen LogP contribution is -2.34. The maximum absolute atomic E-state index is 12.1. The largest absolute Gasteiger partial charge is 0.277 e. The SMILES string of the molecule is CC(C)(C)S(=O)(=O)C(C#N)=NNc1ccc([N+](=O)[O-])cc1. The highest BCUT2D eigenvalue weighted by Gasteiger charge is 2.34. The van der Waals surface area contributed by atoms with Crippen LogP contribution in [0.15, 0.2) is 29.4 Å². The van der Waals surface area contributed by atoms with Crippen molar-refractivity contribution in [3.63, 3.8) is 0 Å². The van der Waals surface area contributed by atoms with Crippen LogP contribution < -0.4 is 5.43 Å². The zero-order valence-corrected chi connectivity index (χ0v) is 12.5. The quantitative estimate of drug-likeness (QED) is 0.394. The first-order valence-corrected chi connectivity index (χ1v) is 7.31. The number of nitrogens with zero attached hydrogens (tertiary/aromatic N) is 3. The van der Waals surface area contributed by atoms with Crippen molar-refractivity contribution in [3.05, 3.63) is 34.4 Å². The lowest BCUT2D eigenvalue weighted by molar-refractivity contribution is -0.384. The molecular weight excluding hydrogens is 296 g/mol. The zero-order chi connectivity index (χ0) is 16.3. The van der Waals surface area contributed by atoms with E-state index < -0.39 is 24.6 Å². The van der Waals surface area contributed by atoms with Gasteiger partial charge in [-0.3, -0.25) is 15.5 Å². The van der Waals surface area contributed by atoms with Gasteiger partial charge < -0.3 is 0 Å². The number of sulfone groups is 1. The third-order valence-electron chi connectivity index (χ3n) is 2.52. The van der Waals surface area contributed by atoms with Gasteiger partial charge in [-0.15, -0.1) is 0 Å². The Morgan fingerprint density at radius 1 is 1.33 bits per heavy atom. The van der Waals surface area contributed by atoms with Gasteiger partial charge in [-0.05, 0) is 32.9 Å². The smallest absolute Gasteiger partial charge is 0.269 e. The van der Waals surface area contributed by atoms with Crippen molar-refractivity contribution in [2.24, 2.45) is 5.10 Å². The Hall–Kier alpha value is -2.47. The van der Waals surface area contributed by atoms with Crippen LogP contribution in [0.5, 0.6) is 0 Å². The Morgan fingerprint density at radius 3 is 2.24 bits per heavy atom. The van der Waals surface area contributed by atoms with Crippen LogP contribution in [-0.4, -0.2) is 23.1 Å². The summed E-state index contributed by atoms with van der Waals surface area (Å²) >= 11 is 0. The molecule has 21 heavy (non-hydrogen) atoms. The Labute approximate surface area is 122 Å². The third-order valence-corrected chi connectivity index (χ3v) is 4.83. The summed E-state index contributed by atoms with van der Waals surface area (Å²) in [5, 5.41) is 22.4. The van der Waals surface area contributed by atoms with E-state index in [4.69, 9.17) is 5.26 Å². The molecule has 0 spiro atoms. The Balaban J connectivity index is 3.03. The third kappa shape index (κ3) is 3.76. The summed E-state index contributed by atoms with van der Waals surface area (Å²) < 4.78 is 23.0. The topological polar surface area (TPSA) is 125 Å². The number of benzene rings is 1. The first-order valence-electron chi connectivity index (χ1n) is 5.82. The molecule has 0 radical (unpaired) electrons. The zero-order valence-electron chi connectivity index (χ0n) is 11.7. The van der Waals surface area contributed by atoms with Crippen LogP contribution in [0.2, 0.25) is 0 Å². The number of hydrogen-bond donors (Lipinski definition) is 1. The van der Waals surface area contributed by atoms with E-state index in [0.29, 0.717) is 5.69 Å². The first-order chi connectivity index (χ1) is 9.59. The van der Waals surface area contributed by atoms with E-state index in [9.17, 15) is 18.5 Å². The molecule has 0 atom stereocenters. The number of rotatable bonds is 3. The molecule has 0 heterocycles. The van der Waals surface area contributed by atoms with Gasteiger partial charge >= 0.3 is 0 Å². The van der Waals surface area contributed by atoms with Gasteiger partial charge in [-0.1, -0.05) is 0 Å². The van der Waals surface area contributed by atoms with Gasteiger partial charge in [0.05, 0.1) is 15.4 Å². The van der Waals surface area contributed by atoms with Crippen molar-refractivity contribution in [3.8, 4) is 6.07 Å². The Kier molecular flexibility index (Phi) is 4.65. The van der Waals surface area contributed by atoms with Crippen molar-refractivity contribution in [2.45, 2.75) is 25.5 Å². The summed E-state index contributed by atoms with van der Waals surface area (Å²) in [6.45, 7) is 4.38. The van der Waals surface area contributed by atoms with Gasteiger partial charge in [-0.2, -0.15) is 10.4 Å². The molecule has 0 amide bonds. The number of hydrazone groups is 1. The van der Waals surface area contributed by atoms with Crippen molar-refractivity contribution in [1.82, 2.24) is 0 Å². The summed E-state index contributed by atoms with van der Waals surface area (Å²) in [6.07, 6.45) is 0. The van der Waals surface area contributed by atoms with Gasteiger partial charge in [0, 0.05) is 12.1 Å². The Morgan fingerprint density at radius 2 is 1.86 bits per heavy atom. The van der Waals surface area contributed by atoms with Gasteiger partial charge in [-0.25, -0.2) is 8.42 Å². The van der Waals surface area contributed by atoms with Gasteiger partial charge in [0.15, 0.2) is 0 Å². The van der Waals surface area contributed by atoms with Crippen LogP contribution in [0.1, 0.15) is 20.8 Å². The molecule has 9 heteroatoms. The number of anilines is 1. The molecule has 0 saturated carbocycles. The fraction of sp³-hybridized carbons (Fsp3) is 0.333. The summed E-state index contributed by atoms with van der Waals surface area (Å²) in [7, 11) is -3.86. The van der Waals surface area contributed by atoms with Gasteiger partial charge in [0.1, 0.15) is 6.07 Å². The van der Waals surface area contributed by atoms with E-state index >= 15 is 0 Å². The molecule has 0 saturated heterocycles. The molecule has 8 nitrogen and oxygen atoms in total. The molecule has 1 aromatic rings. The number of nitro benzene ring substituents is 1. The minimum absolute atomic E-state index is 0.104. The van der Waals surface area contributed by atoms with Crippen LogP contribution in [0, 0.1) is 21.4 Å². The second-order valence-electron chi connectivity index (χ2n) is 5.06. The van der Waals surface area contributed by atoms with Crippen molar-refractivity contribution >= 4 is 26.3 Å². The van der Waals surface area contributed by atoms with E-state index in [0.717, 1.165) is 0 Å². The predicted molar refractivity (Wildman–Crippen MR) is 78.4 cm³/mol. The minimum atomic E-state index is -3.86. The van der Waals surface area contributed by atoms with Crippen molar-refractivity contribution < 1.29 is 13.3 Å². The summed E-state index contributed by atoms with van der Waals surface area (Å²) in [4.78, 5) is 9.94. The second kappa shape index (κ2) is 5.88. The molecule has 0 aliphatic rings. The van der Waals surface area contributed by atoms with E-state index in [2.05, 4.69) is 10.5 Å². The molecule has 112 valence electrons. The number of hydrogen-bond acceptors (Lipinski definition) is 7. The maximum atomic E-state index is 12.1. The number of non-ortho nitro benzene ring substituents is 1. The monoisotopic (exact) mass is 310 g/mol. The molecular formula is C12H14N4O4S. The van der Waals surface area contributed by atoms with E-state index in [1.54, 1.807) is 6.07 Å². The van der Waals surface area contributed by atoms with Crippen LogP contribution in [-0.2, 0) is 9.84 Å². The highest BCUT2D eigenvalue weighted by molar-refractivity contribution is 8.08. The highest BCUT2D eigenvalue weighted by Crippen LogP contribution is 2.19. The molecule has 1 rings (SSSR count). The number of nitro groups is 1. The maximum Gasteiger partial charge on any atom is 0.269 e. The predicted octanol–water partition coefficient (Wildman–Crippen LogP) is 2.06. The molecule has 0 aliphatic carbocycles. The standard InChI is InChI=1S/C12H14N4O4S/c1-12(2,3)21(19,20)11(8-13)15-14-9-4-6-10(7-5-9)16(17)18/h4-7,14H,1-3H3. The summed E-state index contributed by atoms with van der Waals surface area (Å²) in [6, 6.07) is 6.74. The molecule has 0 aromatic heterocycles. The van der Waals surface area contributed by atoms with Crippen LogP contribution in [0.25, 0.3) is 0 Å². The van der Waals surface area contributed by atoms with Crippen molar-refractivity contribution in [2.75, 3.05) is 5.43 Å². The number of nitrogens with one attached hydrogen (secondary N) is 1. The molecule has 0 unspecified atom stereocenters. The fourth-order valence-electron chi connectivity index (χ4n) is 1.21. The van der Waals surface area contributed by atoms with Crippen molar-refractivity contribution in [1.29, 1.82) is 5.26 Å². The Bertz CT molecular complexity index is 709. The van der Waals surface area contributed by atoms with E-state index in [1.807, 2.05) is 0 Å². The minimum Gasteiger partial charge on any atom is -0.277 e. The highest BCUT2D eigenvalue weighted by atomic mass is 32.2. The fourth-order valence-corrected chi connectivity index (χ4v) is 2.07. The molecule has 1 N–H and O–H groups in total. The van der Waals surface area contributed by atoms with Gasteiger partial charge in [0.2, 0.25) is 9.84 Å². The molecule has 1 aromatic carbocycles. The normalized spacial score (nSPS) is 12.6. The average molecular weight is 310 g/mol. The average Bonchev–Trinajstić information content (AvgIpc) is 2.38. The molecule has 0 fully saturated rings. The second-order valence-corrected chi connectivity index (χ2v) is 7.68. The molecule has 0 bridgehead atoms. The summed E-state index contributed by atoms with van der Waals surface area (Å²) in [5.41, 5.74) is 2.63. The molecule has 0 aliphatic heterocycles. The summed E-state index contributed by atoms with van der Waals surface area (Å²) in [5.74, 6) is 0. The van der Waals surface area contributed by atoms with Crippen LogP contribution in [0.4, 0.5) is 11.4 Å². The van der Waals surface area contributed by atoms with E-state index in [-0.39, 0.29) is 5.69 Å². The van der Waals surface area contributed by atoms with E-state index in [1.165, 1.54) is 45.0 Å². The van der Waals surface area contributed by atoms with Crippen LogP contribution >= 0.6 is 0 Å².